The monoisotopic (exact) mass is 413 g/mol. The van der Waals surface area contributed by atoms with Crippen LogP contribution in [0.1, 0.15) is 84.5 Å². The second-order valence-corrected chi connectivity index (χ2v) is 8.84. The number of nitrogens with two attached hydrogens (primary N) is 1. The fourth-order valence-corrected chi connectivity index (χ4v) is 2.28. The molecule has 0 aliphatic heterocycles. The highest BCUT2D eigenvalue weighted by Crippen LogP contribution is 2.10. The van der Waals surface area contributed by atoms with Gasteiger partial charge in [-0.05, 0) is 12.8 Å². The normalized spacial score (nSPS) is 11.1. The first-order chi connectivity index (χ1) is 12.4. The number of quaternary nitrogens is 1. The summed E-state index contributed by atoms with van der Waals surface area (Å²) in [5, 5.41) is 0. The van der Waals surface area contributed by atoms with Crippen molar-refractivity contribution in [1.29, 1.82) is 0 Å². The minimum absolute atomic E-state index is 0.159. The Morgan fingerprint density at radius 3 is 1.48 bits per heavy atom. The number of hydrogen-bond acceptors (Lipinski definition) is 4. The van der Waals surface area contributed by atoms with Gasteiger partial charge in [-0.25, -0.2) is 0 Å². The highest BCUT2D eigenvalue weighted by molar-refractivity contribution is 7.80. The van der Waals surface area contributed by atoms with Gasteiger partial charge in [0.15, 0.2) is 0 Å². The summed E-state index contributed by atoms with van der Waals surface area (Å²) in [7, 11) is 3.34. The molecule has 1 amide bonds. The average Bonchev–Trinajstić information content (AvgIpc) is 2.52. The Morgan fingerprint density at radius 2 is 1.26 bits per heavy atom. The van der Waals surface area contributed by atoms with Crippen LogP contribution in [0.3, 0.4) is 0 Å². The summed E-state index contributed by atoms with van der Waals surface area (Å²) in [5.41, 5.74) is 5.05. The van der Waals surface area contributed by atoms with E-state index in [9.17, 15) is 13.2 Å². The van der Waals surface area contributed by atoms with Crippen molar-refractivity contribution in [3.8, 4) is 0 Å². The number of carbonyl (C=O) groups excluding carboxylic acids is 1. The quantitative estimate of drug-likeness (QED) is 0.270. The maximum Gasteiger partial charge on any atom is 0.397 e. The van der Waals surface area contributed by atoms with Gasteiger partial charge in [-0.15, -0.1) is 0 Å². The molecule has 0 rings (SSSR count). The summed E-state index contributed by atoms with van der Waals surface area (Å²) < 4.78 is 30.8. The van der Waals surface area contributed by atoms with Crippen LogP contribution in [-0.4, -0.2) is 58.2 Å². The zero-order valence-corrected chi connectivity index (χ0v) is 19.3. The third-order valence-corrected chi connectivity index (χ3v) is 4.05. The summed E-state index contributed by atoms with van der Waals surface area (Å²) in [4.78, 5) is 10.4. The third-order valence-electron chi connectivity index (χ3n) is 3.63. The van der Waals surface area contributed by atoms with Crippen molar-refractivity contribution >= 4 is 16.3 Å². The maximum absolute atomic E-state index is 10.4. The molecular formula is C19H45N2O5S+. The molecular weight excluding hydrogens is 368 g/mol. The number of carbonyl (C=O) groups is 1. The smallest absolute Gasteiger partial charge is 0.370 e. The predicted octanol–water partition coefficient (Wildman–Crippen LogP) is 3.93. The van der Waals surface area contributed by atoms with Crippen LogP contribution in [0, 0.1) is 0 Å². The van der Waals surface area contributed by atoms with E-state index in [1.807, 2.05) is 0 Å². The molecule has 8 heteroatoms. The number of primary amides is 1. The van der Waals surface area contributed by atoms with Crippen LogP contribution in [0.2, 0.25) is 0 Å². The molecule has 0 aromatic rings. The number of hydrogen-bond donors (Lipinski definition) is 2. The summed E-state index contributed by atoms with van der Waals surface area (Å²) in [6.45, 7) is 5.73. The highest BCUT2D eigenvalue weighted by atomic mass is 32.3. The summed E-state index contributed by atoms with van der Waals surface area (Å²) in [6.07, 6.45) is 13.4. The van der Waals surface area contributed by atoms with E-state index in [4.69, 9.17) is 10.3 Å². The topological polar surface area (TPSA) is 107 Å². The first-order valence-corrected chi connectivity index (χ1v) is 11.4. The molecule has 27 heavy (non-hydrogen) atoms. The molecule has 0 aromatic heterocycles. The van der Waals surface area contributed by atoms with E-state index in [1.54, 1.807) is 0 Å². The van der Waals surface area contributed by atoms with Crippen molar-refractivity contribution in [2.75, 3.05) is 34.8 Å². The van der Waals surface area contributed by atoms with E-state index in [0.717, 1.165) is 24.4 Å². The maximum atomic E-state index is 10.4. The lowest BCUT2D eigenvalue weighted by atomic mass is 10.1. The first kappa shape index (κ1) is 31.0. The molecule has 0 heterocycles. The molecule has 7 nitrogen and oxygen atoms in total. The van der Waals surface area contributed by atoms with Gasteiger partial charge >= 0.3 is 10.4 Å². The van der Waals surface area contributed by atoms with Gasteiger partial charge in [0.2, 0.25) is 5.91 Å². The van der Waals surface area contributed by atoms with Gasteiger partial charge in [0.25, 0.3) is 0 Å². The summed E-state index contributed by atoms with van der Waals surface area (Å²) >= 11 is 0. The van der Waals surface area contributed by atoms with Crippen LogP contribution >= 0.6 is 0 Å². The Balaban J connectivity index is -0.000000369. The van der Waals surface area contributed by atoms with Crippen LogP contribution in [0.25, 0.3) is 0 Å². The summed E-state index contributed by atoms with van der Waals surface area (Å²) in [5.74, 6) is -0.159. The van der Waals surface area contributed by atoms with Gasteiger partial charge in [0, 0.05) is 6.42 Å². The molecule has 0 saturated heterocycles. The Labute approximate surface area is 168 Å². The third kappa shape index (κ3) is 45.9. The van der Waals surface area contributed by atoms with E-state index >= 15 is 0 Å². The number of unbranched alkanes of at least 4 members (excludes halogenated alkanes) is 8. The minimum Gasteiger partial charge on any atom is -0.370 e. The number of amides is 1. The molecule has 3 N–H and O–H groups in total. The van der Waals surface area contributed by atoms with E-state index in [0.29, 0.717) is 6.42 Å². The zero-order valence-electron chi connectivity index (χ0n) is 18.5. The van der Waals surface area contributed by atoms with Gasteiger partial charge in [0.05, 0.1) is 34.8 Å². The molecule has 0 atom stereocenters. The minimum atomic E-state index is -4.16. The standard InChI is InChI=1S/C12H25NO.C6H16N.CH4O4S/c1-2-3-4-5-6-7-8-9-10-11-12(13)14;1-5-6-7(2,3)4;1-5-6(2,3)4/h2-11H2,1H3,(H2,13,14);5-6H2,1-4H3;1H3,(H,2,3,4)/q;+1;. The van der Waals surface area contributed by atoms with Crippen molar-refractivity contribution in [3.63, 3.8) is 0 Å². The molecule has 0 saturated carbocycles. The Bertz CT molecular complexity index is 420. The Morgan fingerprint density at radius 1 is 0.889 bits per heavy atom. The van der Waals surface area contributed by atoms with Gasteiger partial charge in [-0.3, -0.25) is 13.5 Å². The average molecular weight is 414 g/mol. The second-order valence-electron chi connectivity index (χ2n) is 7.65. The molecule has 0 spiro atoms. The van der Waals surface area contributed by atoms with Crippen LogP contribution in [0.15, 0.2) is 0 Å². The zero-order chi connectivity index (χ0) is 21.8. The van der Waals surface area contributed by atoms with Gasteiger partial charge in [-0.2, -0.15) is 8.42 Å². The fourth-order valence-electron chi connectivity index (χ4n) is 2.28. The molecule has 166 valence electrons. The van der Waals surface area contributed by atoms with Crippen LogP contribution in [-0.2, 0) is 19.4 Å². The van der Waals surface area contributed by atoms with E-state index in [2.05, 4.69) is 39.2 Å². The first-order valence-electron chi connectivity index (χ1n) is 10.0. The lowest BCUT2D eigenvalue weighted by Crippen LogP contribution is -2.34. The molecule has 0 aliphatic carbocycles. The lowest BCUT2D eigenvalue weighted by Gasteiger charge is -2.22. The predicted molar refractivity (Wildman–Crippen MR) is 113 cm³/mol. The fraction of sp³-hybridized carbons (Fsp3) is 0.947. The molecule has 0 aromatic carbocycles. The van der Waals surface area contributed by atoms with E-state index in [1.165, 1.54) is 57.9 Å². The molecule has 0 radical (unpaired) electrons. The molecule has 0 unspecified atom stereocenters. The number of nitrogens with zero attached hydrogens (tertiary/aromatic N) is 1. The van der Waals surface area contributed by atoms with Crippen molar-refractivity contribution in [2.24, 2.45) is 5.73 Å². The molecule has 0 aliphatic rings. The number of rotatable bonds is 13. The van der Waals surface area contributed by atoms with Crippen molar-refractivity contribution < 1.29 is 26.4 Å². The lowest BCUT2D eigenvalue weighted by molar-refractivity contribution is -0.870. The largest absolute Gasteiger partial charge is 0.397 e. The molecule has 0 fully saturated rings. The van der Waals surface area contributed by atoms with Crippen molar-refractivity contribution in [3.05, 3.63) is 0 Å². The molecule has 0 bridgehead atoms. The van der Waals surface area contributed by atoms with Gasteiger partial charge in [0.1, 0.15) is 0 Å². The second kappa shape index (κ2) is 20.0. The SMILES string of the molecule is CCCCCCCCCCCC(N)=O.CCC[N+](C)(C)C.COS(=O)(=O)O. The summed E-state index contributed by atoms with van der Waals surface area (Å²) in [6, 6.07) is 0. The van der Waals surface area contributed by atoms with Crippen LogP contribution < -0.4 is 5.73 Å². The van der Waals surface area contributed by atoms with Crippen molar-refractivity contribution in [1.82, 2.24) is 0 Å². The Hall–Kier alpha value is -0.700. The van der Waals surface area contributed by atoms with E-state index < -0.39 is 10.4 Å². The van der Waals surface area contributed by atoms with Crippen molar-refractivity contribution in [2.45, 2.75) is 84.5 Å². The highest BCUT2D eigenvalue weighted by Gasteiger charge is 2.01. The Kier molecular flexibility index (Phi) is 23.0. The van der Waals surface area contributed by atoms with E-state index in [-0.39, 0.29) is 5.91 Å². The van der Waals surface area contributed by atoms with Gasteiger partial charge in [-0.1, -0.05) is 65.2 Å². The van der Waals surface area contributed by atoms with Crippen LogP contribution in [0.4, 0.5) is 0 Å². The van der Waals surface area contributed by atoms with Gasteiger partial charge < -0.3 is 10.2 Å². The van der Waals surface area contributed by atoms with Crippen LogP contribution in [0.5, 0.6) is 0 Å².